The van der Waals surface area contributed by atoms with Crippen LogP contribution in [-0.4, -0.2) is 29.1 Å². The zero-order valence-corrected chi connectivity index (χ0v) is 6.36. The molecular formula is C7H12NS+. The van der Waals surface area contributed by atoms with E-state index in [1.807, 2.05) is 0 Å². The molecule has 0 aromatic rings. The molecular weight excluding hydrogens is 130 g/mol. The fourth-order valence-electron chi connectivity index (χ4n) is 1.30. The van der Waals surface area contributed by atoms with Crippen molar-refractivity contribution < 1.29 is 4.48 Å². The van der Waals surface area contributed by atoms with E-state index in [9.17, 15) is 0 Å². The van der Waals surface area contributed by atoms with Gasteiger partial charge in [-0.05, 0) is 5.75 Å². The third-order valence-corrected chi connectivity index (χ3v) is 3.13. The van der Waals surface area contributed by atoms with Crippen LogP contribution < -0.4 is 0 Å². The zero-order chi connectivity index (χ0) is 6.16. The molecule has 2 aliphatic rings. The molecule has 2 heteroatoms. The molecule has 1 fully saturated rings. The van der Waals surface area contributed by atoms with Gasteiger partial charge in [-0.25, -0.2) is 0 Å². The smallest absolute Gasteiger partial charge is 0.155 e. The highest BCUT2D eigenvalue weighted by molar-refractivity contribution is 7.99. The number of hydrogen-bond donors (Lipinski definition) is 0. The van der Waals surface area contributed by atoms with Crippen molar-refractivity contribution in [2.24, 2.45) is 0 Å². The first-order valence-corrected chi connectivity index (χ1v) is 4.71. The lowest BCUT2D eigenvalue weighted by molar-refractivity contribution is -0.764. The minimum absolute atomic E-state index is 1.23. The molecule has 1 nitrogen and oxygen atoms in total. The van der Waals surface area contributed by atoms with Crippen LogP contribution >= 0.6 is 11.8 Å². The Balaban J connectivity index is 1.93. The molecule has 0 bridgehead atoms. The summed E-state index contributed by atoms with van der Waals surface area (Å²) in [7, 11) is 0. The van der Waals surface area contributed by atoms with Crippen LogP contribution in [0.3, 0.4) is 0 Å². The summed E-state index contributed by atoms with van der Waals surface area (Å²) in [5.74, 6) is 2.73. The van der Waals surface area contributed by atoms with Crippen molar-refractivity contribution in [2.75, 3.05) is 24.6 Å². The molecule has 0 N–H and O–H groups in total. The molecule has 1 saturated heterocycles. The second-order valence-corrected chi connectivity index (χ2v) is 4.04. The number of quaternary nitrogens is 1. The molecule has 50 valence electrons. The second-order valence-electron chi connectivity index (χ2n) is 2.81. The van der Waals surface area contributed by atoms with E-state index >= 15 is 0 Å². The Bertz CT molecular complexity index is 126. The van der Waals surface area contributed by atoms with Gasteiger partial charge in [-0.15, -0.1) is 0 Å². The van der Waals surface area contributed by atoms with Crippen LogP contribution in [0.4, 0.5) is 0 Å². The molecule has 0 saturated carbocycles. The van der Waals surface area contributed by atoms with Gasteiger partial charge in [0.2, 0.25) is 0 Å². The number of thioether (sulfide) groups is 1. The van der Waals surface area contributed by atoms with Crippen molar-refractivity contribution in [3.63, 3.8) is 0 Å². The van der Waals surface area contributed by atoms with Crippen LogP contribution in [0.1, 0.15) is 6.42 Å². The lowest BCUT2D eigenvalue weighted by Gasteiger charge is -2.13. The molecule has 1 spiro atoms. The predicted octanol–water partition coefficient (Wildman–Crippen LogP) is 1.42. The van der Waals surface area contributed by atoms with Crippen LogP contribution in [0.5, 0.6) is 0 Å². The predicted molar refractivity (Wildman–Crippen MR) is 41.1 cm³/mol. The molecule has 9 heavy (non-hydrogen) atoms. The summed E-state index contributed by atoms with van der Waals surface area (Å²) in [6, 6.07) is 0. The van der Waals surface area contributed by atoms with E-state index in [1.165, 1.54) is 35.5 Å². The summed E-state index contributed by atoms with van der Waals surface area (Å²) in [6.07, 6.45) is 6.05. The molecule has 2 rings (SSSR count). The van der Waals surface area contributed by atoms with E-state index in [1.54, 1.807) is 0 Å². The highest BCUT2D eigenvalue weighted by atomic mass is 32.2. The Hall–Kier alpha value is 0.0500. The van der Waals surface area contributed by atoms with Gasteiger partial charge in [0, 0.05) is 12.2 Å². The summed E-state index contributed by atoms with van der Waals surface area (Å²) in [5, 5.41) is 0. The lowest BCUT2D eigenvalue weighted by atomic mass is 10.4. The van der Waals surface area contributed by atoms with Gasteiger partial charge >= 0.3 is 0 Å². The van der Waals surface area contributed by atoms with Crippen LogP contribution in [0.25, 0.3) is 0 Å². The van der Waals surface area contributed by atoms with Gasteiger partial charge in [0.25, 0.3) is 0 Å². The second kappa shape index (κ2) is 2.03. The van der Waals surface area contributed by atoms with Crippen molar-refractivity contribution in [2.45, 2.75) is 6.42 Å². The van der Waals surface area contributed by atoms with E-state index < -0.39 is 0 Å². The van der Waals surface area contributed by atoms with Gasteiger partial charge in [0.1, 0.15) is 0 Å². The molecule has 0 atom stereocenters. The fraction of sp³-hybridized carbons (Fsp3) is 0.714. The molecule has 0 aromatic carbocycles. The van der Waals surface area contributed by atoms with Gasteiger partial charge in [0.15, 0.2) is 12.4 Å². The Morgan fingerprint density at radius 2 is 2.00 bits per heavy atom. The molecule has 2 aliphatic heterocycles. The first-order chi connectivity index (χ1) is 4.41. The maximum absolute atomic E-state index is 2.33. The van der Waals surface area contributed by atoms with Crippen molar-refractivity contribution >= 4 is 11.8 Å². The molecule has 0 unspecified atom stereocenters. The monoisotopic (exact) mass is 142 g/mol. The van der Waals surface area contributed by atoms with Crippen LogP contribution in [0.2, 0.25) is 0 Å². The van der Waals surface area contributed by atoms with Crippen LogP contribution in [0.15, 0.2) is 12.4 Å². The highest BCUT2D eigenvalue weighted by Crippen LogP contribution is 2.27. The Kier molecular flexibility index (Phi) is 1.31. The molecule has 0 aliphatic carbocycles. The number of rotatable bonds is 0. The maximum atomic E-state index is 2.33. The first-order valence-electron chi connectivity index (χ1n) is 3.56. The van der Waals surface area contributed by atoms with E-state index in [0.717, 1.165) is 0 Å². The number of nitrogens with zero attached hydrogens (tertiary/aromatic N) is 1. The van der Waals surface area contributed by atoms with Gasteiger partial charge in [0.05, 0.1) is 13.1 Å². The van der Waals surface area contributed by atoms with E-state index in [0.29, 0.717) is 0 Å². The molecule has 0 amide bonds. The number of hydrogen-bond acceptors (Lipinski definition) is 1. The van der Waals surface area contributed by atoms with Gasteiger partial charge in [-0.1, -0.05) is 0 Å². The van der Waals surface area contributed by atoms with Crippen molar-refractivity contribution in [1.29, 1.82) is 0 Å². The first kappa shape index (κ1) is 5.81. The summed E-state index contributed by atoms with van der Waals surface area (Å²) in [4.78, 5) is 0. The van der Waals surface area contributed by atoms with Crippen molar-refractivity contribution in [3.05, 3.63) is 12.4 Å². The lowest BCUT2D eigenvalue weighted by Crippen LogP contribution is -2.27. The maximum Gasteiger partial charge on any atom is 0.155 e. The highest BCUT2D eigenvalue weighted by Gasteiger charge is 2.34. The topological polar surface area (TPSA) is 0 Å². The van der Waals surface area contributed by atoms with Gasteiger partial charge in [-0.2, -0.15) is 11.8 Å². The van der Waals surface area contributed by atoms with E-state index in [2.05, 4.69) is 24.2 Å². The van der Waals surface area contributed by atoms with Gasteiger partial charge < -0.3 is 0 Å². The van der Waals surface area contributed by atoms with Crippen LogP contribution in [-0.2, 0) is 0 Å². The average molecular weight is 142 g/mol. The summed E-state index contributed by atoms with van der Waals surface area (Å²) >= 11 is 2.10. The summed E-state index contributed by atoms with van der Waals surface area (Å²) in [6.45, 7) is 2.72. The zero-order valence-electron chi connectivity index (χ0n) is 5.55. The minimum atomic E-state index is 1.23. The summed E-state index contributed by atoms with van der Waals surface area (Å²) < 4.78 is 1.23. The Labute approximate surface area is 60.3 Å². The van der Waals surface area contributed by atoms with E-state index in [-0.39, 0.29) is 0 Å². The van der Waals surface area contributed by atoms with Crippen molar-refractivity contribution in [3.8, 4) is 0 Å². The quantitative estimate of drug-likeness (QED) is 0.461. The third-order valence-electron chi connectivity index (χ3n) is 2.09. The van der Waals surface area contributed by atoms with Crippen molar-refractivity contribution in [1.82, 2.24) is 0 Å². The minimum Gasteiger partial charge on any atom is -0.261 e. The Morgan fingerprint density at radius 1 is 1.11 bits per heavy atom. The van der Waals surface area contributed by atoms with Gasteiger partial charge in [-0.3, -0.25) is 4.48 Å². The van der Waals surface area contributed by atoms with Crippen LogP contribution in [0, 0.1) is 0 Å². The van der Waals surface area contributed by atoms with E-state index in [4.69, 9.17) is 0 Å². The molecule has 0 radical (unpaired) electrons. The normalized spacial score (nSPS) is 30.2. The average Bonchev–Trinajstić information content (AvgIpc) is 2.64. The molecule has 2 heterocycles. The fourth-order valence-corrected chi connectivity index (χ4v) is 2.31. The SMILES string of the molecule is C1=C[N+]12CCCSCC2. The summed E-state index contributed by atoms with van der Waals surface area (Å²) in [5.41, 5.74) is 0. The molecule has 0 aromatic heterocycles. The third kappa shape index (κ3) is 1.14. The largest absolute Gasteiger partial charge is 0.261 e. The standard InChI is InChI=1S/C7H12NS/c1-2-8(3-4-8)5-7-9-6-1/h3-4H,1-2,5-7H2/q+1. The Morgan fingerprint density at radius 3 is 2.78 bits per heavy atom.